The highest BCUT2D eigenvalue weighted by Gasteiger charge is 2.13. The summed E-state index contributed by atoms with van der Waals surface area (Å²) >= 11 is 1.77. The molecule has 0 spiro atoms. The quantitative estimate of drug-likeness (QED) is 0.636. The van der Waals surface area contributed by atoms with E-state index in [9.17, 15) is 0 Å². The molecule has 0 fully saturated rings. The first kappa shape index (κ1) is 9.07. The van der Waals surface area contributed by atoms with Gasteiger partial charge in [-0.2, -0.15) is 0 Å². The molecule has 64 valence electrons. The highest BCUT2D eigenvalue weighted by molar-refractivity contribution is 8.13. The van der Waals surface area contributed by atoms with Gasteiger partial charge in [-0.25, -0.2) is 0 Å². The normalized spacial score (nSPS) is 24.9. The monoisotopic (exact) mass is 173 g/mol. The third kappa shape index (κ3) is 2.83. The average Bonchev–Trinajstić information content (AvgIpc) is 2.06. The van der Waals surface area contributed by atoms with Crippen molar-refractivity contribution < 1.29 is 4.74 Å². The molecule has 0 aromatic heterocycles. The van der Waals surface area contributed by atoms with Crippen LogP contribution in [0.1, 0.15) is 19.3 Å². The third-order valence-electron chi connectivity index (χ3n) is 1.85. The SMILES string of the molecule is COCC1CCCC(SC)=N1. The molecule has 3 heteroatoms. The highest BCUT2D eigenvalue weighted by atomic mass is 32.2. The second-order valence-corrected chi connectivity index (χ2v) is 3.61. The van der Waals surface area contributed by atoms with Crippen LogP contribution in [0.5, 0.6) is 0 Å². The van der Waals surface area contributed by atoms with E-state index in [1.807, 2.05) is 0 Å². The maximum absolute atomic E-state index is 5.06. The summed E-state index contributed by atoms with van der Waals surface area (Å²) < 4.78 is 5.06. The summed E-state index contributed by atoms with van der Waals surface area (Å²) in [5.41, 5.74) is 0. The first-order valence-corrected chi connectivity index (χ1v) is 5.19. The summed E-state index contributed by atoms with van der Waals surface area (Å²) in [5.74, 6) is 0. The van der Waals surface area contributed by atoms with E-state index in [1.165, 1.54) is 24.3 Å². The Hall–Kier alpha value is -0.0200. The smallest absolute Gasteiger partial charge is 0.0742 e. The Morgan fingerprint density at radius 2 is 2.55 bits per heavy atom. The average molecular weight is 173 g/mol. The van der Waals surface area contributed by atoms with E-state index in [-0.39, 0.29) is 0 Å². The molecule has 2 nitrogen and oxygen atoms in total. The maximum Gasteiger partial charge on any atom is 0.0742 e. The number of nitrogens with zero attached hydrogens (tertiary/aromatic N) is 1. The topological polar surface area (TPSA) is 21.6 Å². The van der Waals surface area contributed by atoms with Gasteiger partial charge in [0.05, 0.1) is 17.7 Å². The molecule has 1 aliphatic heterocycles. The van der Waals surface area contributed by atoms with Crippen molar-refractivity contribution in [2.24, 2.45) is 4.99 Å². The van der Waals surface area contributed by atoms with Gasteiger partial charge in [0, 0.05) is 7.11 Å². The lowest BCUT2D eigenvalue weighted by molar-refractivity contribution is 0.175. The third-order valence-corrected chi connectivity index (χ3v) is 2.63. The van der Waals surface area contributed by atoms with Crippen molar-refractivity contribution in [2.75, 3.05) is 20.0 Å². The fraction of sp³-hybridized carbons (Fsp3) is 0.875. The predicted octanol–water partition coefficient (Wildman–Crippen LogP) is 1.95. The summed E-state index contributed by atoms with van der Waals surface area (Å²) in [7, 11) is 1.74. The van der Waals surface area contributed by atoms with E-state index < -0.39 is 0 Å². The van der Waals surface area contributed by atoms with E-state index in [4.69, 9.17) is 4.74 Å². The highest BCUT2D eigenvalue weighted by Crippen LogP contribution is 2.18. The Morgan fingerprint density at radius 1 is 1.73 bits per heavy atom. The Kier molecular flexibility index (Phi) is 3.94. The zero-order chi connectivity index (χ0) is 8.10. The Bertz CT molecular complexity index is 147. The van der Waals surface area contributed by atoms with Crippen molar-refractivity contribution in [3.63, 3.8) is 0 Å². The van der Waals surface area contributed by atoms with Gasteiger partial charge in [0.2, 0.25) is 0 Å². The lowest BCUT2D eigenvalue weighted by Crippen LogP contribution is -2.18. The lowest BCUT2D eigenvalue weighted by atomic mass is 10.1. The molecule has 0 saturated carbocycles. The molecule has 0 bridgehead atoms. The van der Waals surface area contributed by atoms with Crippen LogP contribution < -0.4 is 0 Å². The fourth-order valence-corrected chi connectivity index (χ4v) is 1.89. The number of ether oxygens (including phenoxy) is 1. The number of hydrogen-bond acceptors (Lipinski definition) is 3. The summed E-state index contributed by atoms with van der Waals surface area (Å²) in [5, 5.41) is 1.29. The second-order valence-electron chi connectivity index (χ2n) is 2.73. The summed E-state index contributed by atoms with van der Waals surface area (Å²) in [4.78, 5) is 4.54. The standard InChI is InChI=1S/C8H15NOS/c1-10-6-7-4-3-5-8(9-7)11-2/h7H,3-6H2,1-2H3. The molecule has 1 aliphatic rings. The van der Waals surface area contributed by atoms with Gasteiger partial charge in [0.15, 0.2) is 0 Å². The molecular formula is C8H15NOS. The molecule has 11 heavy (non-hydrogen) atoms. The minimum atomic E-state index is 0.427. The van der Waals surface area contributed by atoms with E-state index in [0.717, 1.165) is 6.61 Å². The van der Waals surface area contributed by atoms with Crippen molar-refractivity contribution in [3.8, 4) is 0 Å². The molecule has 1 heterocycles. The molecule has 0 aliphatic carbocycles. The van der Waals surface area contributed by atoms with Gasteiger partial charge in [0.25, 0.3) is 0 Å². The van der Waals surface area contributed by atoms with Crippen LogP contribution in [0.2, 0.25) is 0 Å². The van der Waals surface area contributed by atoms with Crippen LogP contribution in [-0.2, 0) is 4.74 Å². The van der Waals surface area contributed by atoms with E-state index >= 15 is 0 Å². The van der Waals surface area contributed by atoms with Crippen LogP contribution in [0.4, 0.5) is 0 Å². The summed E-state index contributed by atoms with van der Waals surface area (Å²) in [6.45, 7) is 0.782. The summed E-state index contributed by atoms with van der Waals surface area (Å²) in [6, 6.07) is 0.427. The first-order chi connectivity index (χ1) is 5.36. The summed E-state index contributed by atoms with van der Waals surface area (Å²) in [6.07, 6.45) is 5.72. The Balaban J connectivity index is 2.41. The fourth-order valence-electron chi connectivity index (χ4n) is 1.29. The minimum absolute atomic E-state index is 0.427. The molecule has 1 atom stereocenters. The van der Waals surface area contributed by atoms with Gasteiger partial charge < -0.3 is 4.74 Å². The molecule has 1 unspecified atom stereocenters. The van der Waals surface area contributed by atoms with Gasteiger partial charge in [-0.05, 0) is 25.5 Å². The molecule has 0 radical (unpaired) electrons. The number of hydrogen-bond donors (Lipinski definition) is 0. The van der Waals surface area contributed by atoms with Crippen molar-refractivity contribution in [1.29, 1.82) is 0 Å². The van der Waals surface area contributed by atoms with Crippen molar-refractivity contribution in [2.45, 2.75) is 25.3 Å². The largest absolute Gasteiger partial charge is 0.382 e. The first-order valence-electron chi connectivity index (χ1n) is 3.96. The zero-order valence-electron chi connectivity index (χ0n) is 7.17. The van der Waals surface area contributed by atoms with Gasteiger partial charge in [-0.15, -0.1) is 11.8 Å². The van der Waals surface area contributed by atoms with Gasteiger partial charge >= 0.3 is 0 Å². The molecule has 0 amide bonds. The van der Waals surface area contributed by atoms with E-state index in [1.54, 1.807) is 18.9 Å². The van der Waals surface area contributed by atoms with Crippen LogP contribution in [-0.4, -0.2) is 31.1 Å². The van der Waals surface area contributed by atoms with Crippen molar-refractivity contribution >= 4 is 16.8 Å². The second kappa shape index (κ2) is 4.78. The minimum Gasteiger partial charge on any atom is -0.382 e. The molecule has 0 saturated heterocycles. The predicted molar refractivity (Wildman–Crippen MR) is 50.5 cm³/mol. The number of methoxy groups -OCH3 is 1. The van der Waals surface area contributed by atoms with Crippen molar-refractivity contribution in [3.05, 3.63) is 0 Å². The maximum atomic E-state index is 5.06. The molecule has 0 aromatic carbocycles. The van der Waals surface area contributed by atoms with E-state index in [0.29, 0.717) is 6.04 Å². The Labute approximate surface area is 72.4 Å². The zero-order valence-corrected chi connectivity index (χ0v) is 7.99. The van der Waals surface area contributed by atoms with E-state index in [2.05, 4.69) is 11.2 Å². The van der Waals surface area contributed by atoms with Gasteiger partial charge in [-0.3, -0.25) is 4.99 Å². The van der Waals surface area contributed by atoms with Crippen LogP contribution >= 0.6 is 11.8 Å². The Morgan fingerprint density at radius 3 is 3.18 bits per heavy atom. The van der Waals surface area contributed by atoms with Gasteiger partial charge in [-0.1, -0.05) is 0 Å². The molecular weight excluding hydrogens is 158 g/mol. The van der Waals surface area contributed by atoms with Gasteiger partial charge in [0.1, 0.15) is 0 Å². The lowest BCUT2D eigenvalue weighted by Gasteiger charge is -2.18. The number of aliphatic imine (C=N–C) groups is 1. The van der Waals surface area contributed by atoms with Crippen LogP contribution in [0.25, 0.3) is 0 Å². The molecule has 1 rings (SSSR count). The molecule has 0 N–H and O–H groups in total. The number of thioether (sulfide) groups is 1. The van der Waals surface area contributed by atoms with Crippen LogP contribution in [0.15, 0.2) is 4.99 Å². The number of rotatable bonds is 2. The van der Waals surface area contributed by atoms with Crippen LogP contribution in [0.3, 0.4) is 0 Å². The van der Waals surface area contributed by atoms with Crippen LogP contribution in [0, 0.1) is 0 Å². The van der Waals surface area contributed by atoms with Crippen molar-refractivity contribution in [1.82, 2.24) is 0 Å². The molecule has 0 aromatic rings.